The second-order valence-electron chi connectivity index (χ2n) is 6.75. The molecule has 0 bridgehead atoms. The standard InChI is InChI=1S/C18H24N2O7/c1-2-26-18(24)13(9-16(22)23)20-15(21)10-14(17(19-20)11-3-4-11)27-12-5-7-25-8-6-12/h10-13H,2-9H2,1H3,(H,22,23). The molecular formula is C18H24N2O7. The normalized spacial score (nSPS) is 18.7. The summed E-state index contributed by atoms with van der Waals surface area (Å²) in [6.45, 7) is 2.92. The Morgan fingerprint density at radius 1 is 1.33 bits per heavy atom. The molecule has 0 aromatic carbocycles. The van der Waals surface area contributed by atoms with Crippen molar-refractivity contribution in [3.63, 3.8) is 0 Å². The average molecular weight is 380 g/mol. The lowest BCUT2D eigenvalue weighted by Gasteiger charge is -2.25. The number of carboxylic acid groups (broad SMARTS) is 1. The number of carbonyl (C=O) groups is 2. The van der Waals surface area contributed by atoms with E-state index >= 15 is 0 Å². The second-order valence-corrected chi connectivity index (χ2v) is 6.75. The van der Waals surface area contributed by atoms with Gasteiger partial charge in [0.1, 0.15) is 17.5 Å². The molecule has 1 unspecified atom stereocenters. The number of aliphatic carboxylic acids is 1. The monoisotopic (exact) mass is 380 g/mol. The van der Waals surface area contributed by atoms with E-state index in [-0.39, 0.29) is 18.6 Å². The molecule has 0 amide bonds. The minimum Gasteiger partial charge on any atom is -0.488 e. The fourth-order valence-corrected chi connectivity index (χ4v) is 3.07. The van der Waals surface area contributed by atoms with Gasteiger partial charge in [0.2, 0.25) is 0 Å². The molecule has 27 heavy (non-hydrogen) atoms. The van der Waals surface area contributed by atoms with E-state index in [0.717, 1.165) is 30.4 Å². The first kappa shape index (κ1) is 19.3. The Balaban J connectivity index is 1.92. The van der Waals surface area contributed by atoms with Gasteiger partial charge in [0, 0.05) is 24.8 Å². The number of hydrogen-bond donors (Lipinski definition) is 1. The molecule has 1 saturated heterocycles. The summed E-state index contributed by atoms with van der Waals surface area (Å²) in [5.41, 5.74) is 0.0153. The number of carbonyl (C=O) groups excluding carboxylic acids is 1. The van der Waals surface area contributed by atoms with Crippen LogP contribution in [0.2, 0.25) is 0 Å². The van der Waals surface area contributed by atoms with Crippen LogP contribution in [0.5, 0.6) is 5.75 Å². The predicted octanol–water partition coefficient (Wildman–Crippen LogP) is 1.26. The van der Waals surface area contributed by atoms with Crippen molar-refractivity contribution in [2.75, 3.05) is 19.8 Å². The molecule has 1 N–H and O–H groups in total. The van der Waals surface area contributed by atoms with Crippen LogP contribution in [-0.4, -0.2) is 52.8 Å². The van der Waals surface area contributed by atoms with Gasteiger partial charge >= 0.3 is 11.9 Å². The fraction of sp³-hybridized carbons (Fsp3) is 0.667. The summed E-state index contributed by atoms with van der Waals surface area (Å²) in [5, 5.41) is 13.5. The van der Waals surface area contributed by atoms with E-state index in [9.17, 15) is 14.4 Å². The van der Waals surface area contributed by atoms with Crippen LogP contribution in [0.25, 0.3) is 0 Å². The molecular weight excluding hydrogens is 356 g/mol. The van der Waals surface area contributed by atoms with Crippen LogP contribution in [0.4, 0.5) is 0 Å². The molecule has 1 saturated carbocycles. The molecule has 1 aromatic rings. The minimum atomic E-state index is -1.30. The lowest BCUT2D eigenvalue weighted by Crippen LogP contribution is -2.35. The molecule has 3 rings (SSSR count). The summed E-state index contributed by atoms with van der Waals surface area (Å²) in [4.78, 5) is 36.0. The molecule has 1 atom stereocenters. The Bertz CT molecular complexity index is 751. The highest BCUT2D eigenvalue weighted by Crippen LogP contribution is 2.43. The Hall–Kier alpha value is -2.42. The van der Waals surface area contributed by atoms with Gasteiger partial charge in [-0.1, -0.05) is 0 Å². The van der Waals surface area contributed by atoms with Crippen molar-refractivity contribution in [2.45, 2.75) is 57.1 Å². The third kappa shape index (κ3) is 4.85. The summed E-state index contributed by atoms with van der Waals surface area (Å²) in [6.07, 6.45) is 2.68. The Morgan fingerprint density at radius 2 is 2.04 bits per heavy atom. The SMILES string of the molecule is CCOC(=O)C(CC(=O)O)n1nc(C2CC2)c(OC2CCOCC2)cc1=O. The van der Waals surface area contributed by atoms with Crippen molar-refractivity contribution in [3.05, 3.63) is 22.1 Å². The Labute approximate surface area is 156 Å². The first-order valence-electron chi connectivity index (χ1n) is 9.26. The van der Waals surface area contributed by atoms with Crippen molar-refractivity contribution >= 4 is 11.9 Å². The van der Waals surface area contributed by atoms with Crippen molar-refractivity contribution in [1.82, 2.24) is 9.78 Å². The van der Waals surface area contributed by atoms with Crippen molar-refractivity contribution in [1.29, 1.82) is 0 Å². The number of nitrogens with zero attached hydrogens (tertiary/aromatic N) is 2. The largest absolute Gasteiger partial charge is 0.488 e. The highest BCUT2D eigenvalue weighted by molar-refractivity contribution is 5.80. The smallest absolute Gasteiger partial charge is 0.331 e. The zero-order valence-electron chi connectivity index (χ0n) is 15.3. The molecule has 1 aliphatic carbocycles. The molecule has 0 radical (unpaired) electrons. The van der Waals surface area contributed by atoms with Gasteiger partial charge in [-0.15, -0.1) is 0 Å². The molecule has 0 spiro atoms. The quantitative estimate of drug-likeness (QED) is 0.670. The summed E-state index contributed by atoms with van der Waals surface area (Å²) in [7, 11) is 0. The van der Waals surface area contributed by atoms with E-state index in [4.69, 9.17) is 19.3 Å². The van der Waals surface area contributed by atoms with Crippen molar-refractivity contribution in [2.24, 2.45) is 0 Å². The van der Waals surface area contributed by atoms with Crippen LogP contribution in [0.1, 0.15) is 56.7 Å². The summed E-state index contributed by atoms with van der Waals surface area (Å²) >= 11 is 0. The first-order chi connectivity index (χ1) is 13.0. The van der Waals surface area contributed by atoms with Gasteiger partial charge < -0.3 is 19.3 Å². The summed E-state index contributed by atoms with van der Waals surface area (Å²) in [6, 6.07) is 0.00840. The van der Waals surface area contributed by atoms with E-state index in [1.807, 2.05) is 0 Å². The number of hydrogen-bond acceptors (Lipinski definition) is 7. The Morgan fingerprint density at radius 3 is 2.63 bits per heavy atom. The zero-order valence-corrected chi connectivity index (χ0v) is 15.3. The van der Waals surface area contributed by atoms with Crippen LogP contribution >= 0.6 is 0 Å². The molecule has 2 fully saturated rings. The van der Waals surface area contributed by atoms with Gasteiger partial charge in [0.15, 0.2) is 6.04 Å². The van der Waals surface area contributed by atoms with E-state index in [0.29, 0.717) is 24.7 Å². The maximum absolute atomic E-state index is 12.6. The van der Waals surface area contributed by atoms with Crippen LogP contribution in [0, 0.1) is 0 Å². The third-order valence-corrected chi connectivity index (χ3v) is 4.60. The average Bonchev–Trinajstić information content (AvgIpc) is 3.46. The number of rotatable bonds is 8. The zero-order chi connectivity index (χ0) is 19.4. The van der Waals surface area contributed by atoms with Crippen molar-refractivity contribution in [3.8, 4) is 5.75 Å². The van der Waals surface area contributed by atoms with Gasteiger partial charge in [-0.25, -0.2) is 9.48 Å². The van der Waals surface area contributed by atoms with Gasteiger partial charge in [-0.2, -0.15) is 5.10 Å². The highest BCUT2D eigenvalue weighted by atomic mass is 16.5. The lowest BCUT2D eigenvalue weighted by atomic mass is 10.1. The van der Waals surface area contributed by atoms with Gasteiger partial charge in [-0.3, -0.25) is 9.59 Å². The van der Waals surface area contributed by atoms with Crippen LogP contribution in [0.3, 0.4) is 0 Å². The van der Waals surface area contributed by atoms with Crippen molar-refractivity contribution < 1.29 is 28.9 Å². The van der Waals surface area contributed by atoms with Crippen LogP contribution in [0.15, 0.2) is 10.9 Å². The molecule has 9 nitrogen and oxygen atoms in total. The fourth-order valence-electron chi connectivity index (χ4n) is 3.07. The lowest BCUT2D eigenvalue weighted by molar-refractivity contribution is -0.152. The third-order valence-electron chi connectivity index (χ3n) is 4.60. The molecule has 148 valence electrons. The minimum absolute atomic E-state index is 0.0480. The number of esters is 1. The molecule has 2 aliphatic rings. The van der Waals surface area contributed by atoms with Crippen LogP contribution < -0.4 is 10.3 Å². The van der Waals surface area contributed by atoms with Crippen LogP contribution in [-0.2, 0) is 19.1 Å². The van der Waals surface area contributed by atoms with Gasteiger partial charge in [0.25, 0.3) is 5.56 Å². The summed E-state index contributed by atoms with van der Waals surface area (Å²) < 4.78 is 17.2. The molecule has 1 aromatic heterocycles. The summed E-state index contributed by atoms with van der Waals surface area (Å²) in [5.74, 6) is -1.42. The number of ether oxygens (including phenoxy) is 3. The van der Waals surface area contributed by atoms with Gasteiger partial charge in [-0.05, 0) is 19.8 Å². The van der Waals surface area contributed by atoms with Gasteiger partial charge in [0.05, 0.1) is 26.2 Å². The number of aromatic nitrogens is 2. The Kier molecular flexibility index (Phi) is 6.10. The number of carboxylic acids is 1. The second kappa shape index (κ2) is 8.51. The molecule has 1 aliphatic heterocycles. The van der Waals surface area contributed by atoms with E-state index < -0.39 is 30.0 Å². The van der Waals surface area contributed by atoms with E-state index in [1.165, 1.54) is 6.07 Å². The first-order valence-corrected chi connectivity index (χ1v) is 9.26. The molecule has 2 heterocycles. The predicted molar refractivity (Wildman–Crippen MR) is 92.9 cm³/mol. The maximum Gasteiger partial charge on any atom is 0.331 e. The topological polar surface area (TPSA) is 117 Å². The molecule has 9 heteroatoms. The van der Waals surface area contributed by atoms with E-state index in [2.05, 4.69) is 5.10 Å². The highest BCUT2D eigenvalue weighted by Gasteiger charge is 2.34. The van der Waals surface area contributed by atoms with E-state index in [1.54, 1.807) is 6.92 Å². The maximum atomic E-state index is 12.6.